The van der Waals surface area contributed by atoms with E-state index in [1.54, 1.807) is 25.5 Å². The molecular weight excluding hydrogens is 256 g/mol. The molecule has 0 radical (unpaired) electrons. The summed E-state index contributed by atoms with van der Waals surface area (Å²) < 4.78 is 1.45. The van der Waals surface area contributed by atoms with Crippen LogP contribution in [0.25, 0.3) is 0 Å². The van der Waals surface area contributed by atoms with Gasteiger partial charge in [0, 0.05) is 37.6 Å². The number of aromatic amines is 1. The van der Waals surface area contributed by atoms with E-state index in [4.69, 9.17) is 0 Å². The molecule has 1 amide bonds. The number of likely N-dealkylation sites (tertiary alicyclic amines) is 1. The van der Waals surface area contributed by atoms with Crippen LogP contribution >= 0.6 is 0 Å². The van der Waals surface area contributed by atoms with Crippen molar-refractivity contribution in [2.24, 2.45) is 7.05 Å². The van der Waals surface area contributed by atoms with Gasteiger partial charge in [-0.2, -0.15) is 5.10 Å². The summed E-state index contributed by atoms with van der Waals surface area (Å²) in [5, 5.41) is 6.87. The summed E-state index contributed by atoms with van der Waals surface area (Å²) in [6.45, 7) is 0.706. The van der Waals surface area contributed by atoms with Gasteiger partial charge < -0.3 is 9.47 Å². The van der Waals surface area contributed by atoms with Gasteiger partial charge in [0.15, 0.2) is 0 Å². The normalized spacial score (nSPS) is 18.4. The van der Waals surface area contributed by atoms with Crippen molar-refractivity contribution < 1.29 is 4.79 Å². The molecule has 2 aromatic heterocycles. The maximum atomic E-state index is 12.6. The van der Waals surface area contributed by atoms with Crippen LogP contribution in [0.2, 0.25) is 0 Å². The van der Waals surface area contributed by atoms with Crippen LogP contribution in [0.1, 0.15) is 34.9 Å². The molecule has 20 heavy (non-hydrogen) atoms. The lowest BCUT2D eigenvalue weighted by Crippen LogP contribution is -2.32. The van der Waals surface area contributed by atoms with Crippen molar-refractivity contribution in [1.82, 2.24) is 19.7 Å². The first-order chi connectivity index (χ1) is 9.66. The van der Waals surface area contributed by atoms with Crippen LogP contribution in [0, 0.1) is 0 Å². The zero-order valence-electron chi connectivity index (χ0n) is 11.2. The zero-order chi connectivity index (χ0) is 14.1. The Morgan fingerprint density at radius 3 is 3.00 bits per heavy atom. The van der Waals surface area contributed by atoms with Crippen molar-refractivity contribution in [2.75, 3.05) is 6.54 Å². The molecule has 1 aliphatic rings. The highest BCUT2D eigenvalue weighted by atomic mass is 16.2. The first kappa shape index (κ1) is 12.7. The predicted molar refractivity (Wildman–Crippen MR) is 73.3 cm³/mol. The Kier molecular flexibility index (Phi) is 3.14. The molecule has 1 aliphatic heterocycles. The van der Waals surface area contributed by atoms with E-state index in [-0.39, 0.29) is 17.5 Å². The second-order valence-electron chi connectivity index (χ2n) is 5.03. The van der Waals surface area contributed by atoms with Crippen molar-refractivity contribution in [2.45, 2.75) is 18.9 Å². The van der Waals surface area contributed by atoms with E-state index in [0.29, 0.717) is 12.1 Å². The lowest BCUT2D eigenvalue weighted by atomic mass is 10.1. The largest absolute Gasteiger partial charge is 0.330 e. The van der Waals surface area contributed by atoms with Crippen molar-refractivity contribution in [3.63, 3.8) is 0 Å². The van der Waals surface area contributed by atoms with E-state index < -0.39 is 0 Å². The molecule has 0 bridgehead atoms. The Hall–Kier alpha value is -2.37. The Balaban J connectivity index is 1.89. The highest BCUT2D eigenvalue weighted by molar-refractivity contribution is 5.94. The Morgan fingerprint density at radius 1 is 1.45 bits per heavy atom. The van der Waals surface area contributed by atoms with E-state index in [1.165, 1.54) is 10.6 Å². The monoisotopic (exact) mass is 272 g/mol. The van der Waals surface area contributed by atoms with Crippen LogP contribution < -0.4 is 5.56 Å². The van der Waals surface area contributed by atoms with Crippen molar-refractivity contribution >= 4 is 5.91 Å². The topological polar surface area (TPSA) is 71.0 Å². The number of nitrogens with zero attached hydrogens (tertiary/aromatic N) is 3. The minimum Gasteiger partial charge on any atom is -0.330 e. The SMILES string of the molecule is Cn1ccc(C(=O)N2CCCC2c2ccn[nH]2)cc1=O. The number of pyridine rings is 1. The summed E-state index contributed by atoms with van der Waals surface area (Å²) in [6, 6.07) is 4.99. The summed E-state index contributed by atoms with van der Waals surface area (Å²) in [7, 11) is 1.67. The van der Waals surface area contributed by atoms with Gasteiger partial charge in [0.05, 0.1) is 11.7 Å². The minimum absolute atomic E-state index is 0.0223. The number of hydrogen-bond acceptors (Lipinski definition) is 3. The van der Waals surface area contributed by atoms with Crippen LogP contribution in [-0.2, 0) is 7.05 Å². The first-order valence-electron chi connectivity index (χ1n) is 6.64. The van der Waals surface area contributed by atoms with Crippen LogP contribution in [-0.4, -0.2) is 32.1 Å². The van der Waals surface area contributed by atoms with Crippen molar-refractivity contribution in [1.29, 1.82) is 0 Å². The molecule has 2 aromatic rings. The van der Waals surface area contributed by atoms with E-state index in [9.17, 15) is 9.59 Å². The maximum absolute atomic E-state index is 12.6. The van der Waals surface area contributed by atoms with Crippen LogP contribution in [0.4, 0.5) is 0 Å². The quantitative estimate of drug-likeness (QED) is 0.889. The molecule has 104 valence electrons. The van der Waals surface area contributed by atoms with Gasteiger partial charge in [-0.05, 0) is 25.0 Å². The van der Waals surface area contributed by atoms with Gasteiger partial charge in [0.25, 0.3) is 11.5 Å². The van der Waals surface area contributed by atoms with Gasteiger partial charge in [-0.1, -0.05) is 0 Å². The fourth-order valence-corrected chi connectivity index (χ4v) is 2.63. The van der Waals surface area contributed by atoms with E-state index in [0.717, 1.165) is 18.5 Å². The number of rotatable bonds is 2. The first-order valence-corrected chi connectivity index (χ1v) is 6.64. The highest BCUT2D eigenvalue weighted by Crippen LogP contribution is 2.31. The van der Waals surface area contributed by atoms with Gasteiger partial charge in [-0.25, -0.2) is 0 Å². The smallest absolute Gasteiger partial charge is 0.254 e. The Morgan fingerprint density at radius 2 is 2.30 bits per heavy atom. The third-order valence-corrected chi connectivity index (χ3v) is 3.75. The fraction of sp³-hybridized carbons (Fsp3) is 0.357. The molecule has 1 unspecified atom stereocenters. The summed E-state index contributed by atoms with van der Waals surface area (Å²) in [6.07, 6.45) is 5.18. The van der Waals surface area contributed by atoms with Crippen molar-refractivity contribution in [3.05, 3.63) is 52.2 Å². The van der Waals surface area contributed by atoms with Crippen LogP contribution in [0.15, 0.2) is 35.4 Å². The Labute approximate surface area is 116 Å². The van der Waals surface area contributed by atoms with Gasteiger partial charge >= 0.3 is 0 Å². The van der Waals surface area contributed by atoms with Gasteiger partial charge in [-0.15, -0.1) is 0 Å². The summed E-state index contributed by atoms with van der Waals surface area (Å²) in [5.41, 5.74) is 1.22. The van der Waals surface area contributed by atoms with Crippen molar-refractivity contribution in [3.8, 4) is 0 Å². The summed E-state index contributed by atoms with van der Waals surface area (Å²) in [4.78, 5) is 26.0. The average molecular weight is 272 g/mol. The molecule has 0 saturated carbocycles. The molecule has 0 spiro atoms. The molecule has 1 saturated heterocycles. The Bertz CT molecular complexity index is 675. The van der Waals surface area contributed by atoms with Gasteiger partial charge in [-0.3, -0.25) is 14.7 Å². The summed E-state index contributed by atoms with van der Waals surface area (Å²) >= 11 is 0. The number of carbonyl (C=O) groups is 1. The number of H-pyrrole nitrogens is 1. The minimum atomic E-state index is -0.173. The second kappa shape index (κ2) is 4.96. The standard InChI is InChI=1S/C14H16N4O2/c1-17-8-5-10(9-13(17)19)14(20)18-7-2-3-12(18)11-4-6-15-16-11/h4-6,8-9,12H,2-3,7H2,1H3,(H,15,16). The lowest BCUT2D eigenvalue weighted by molar-refractivity contribution is 0.0732. The van der Waals surface area contributed by atoms with Gasteiger partial charge in [0.1, 0.15) is 0 Å². The number of amides is 1. The molecule has 1 atom stereocenters. The molecule has 0 aliphatic carbocycles. The molecule has 0 aromatic carbocycles. The lowest BCUT2D eigenvalue weighted by Gasteiger charge is -2.23. The number of aryl methyl sites for hydroxylation is 1. The molecule has 1 N–H and O–H groups in total. The average Bonchev–Trinajstić information content (AvgIpc) is 3.10. The van der Waals surface area contributed by atoms with E-state index in [1.807, 2.05) is 11.0 Å². The fourth-order valence-electron chi connectivity index (χ4n) is 2.63. The second-order valence-corrected chi connectivity index (χ2v) is 5.03. The molecule has 1 fully saturated rings. The maximum Gasteiger partial charge on any atom is 0.254 e. The van der Waals surface area contributed by atoms with E-state index >= 15 is 0 Å². The zero-order valence-corrected chi connectivity index (χ0v) is 11.2. The molecule has 6 nitrogen and oxygen atoms in total. The number of nitrogens with one attached hydrogen (secondary N) is 1. The molecule has 6 heteroatoms. The van der Waals surface area contributed by atoms with Gasteiger partial charge in [0.2, 0.25) is 0 Å². The van der Waals surface area contributed by atoms with E-state index in [2.05, 4.69) is 10.2 Å². The molecular formula is C14H16N4O2. The highest BCUT2D eigenvalue weighted by Gasteiger charge is 2.31. The summed E-state index contributed by atoms with van der Waals surface area (Å²) in [5.74, 6) is -0.0974. The number of aromatic nitrogens is 3. The molecule has 3 rings (SSSR count). The predicted octanol–water partition coefficient (Wildman–Crippen LogP) is 1.09. The van der Waals surface area contributed by atoms with Crippen LogP contribution in [0.3, 0.4) is 0 Å². The number of hydrogen-bond donors (Lipinski definition) is 1. The third-order valence-electron chi connectivity index (χ3n) is 3.75. The number of carbonyl (C=O) groups excluding carboxylic acids is 1. The van der Waals surface area contributed by atoms with Crippen LogP contribution in [0.5, 0.6) is 0 Å². The third kappa shape index (κ3) is 2.13. The molecule has 3 heterocycles.